The molecular weight excluding hydrogens is 408 g/mol. The molecule has 0 radical (unpaired) electrons. The van der Waals surface area contributed by atoms with Crippen LogP contribution in [0.15, 0.2) is 78.0 Å². The number of hydrogen-bond acceptors (Lipinski definition) is 7. The van der Waals surface area contributed by atoms with Gasteiger partial charge in [-0.1, -0.05) is 59.8 Å². The Morgan fingerprint density at radius 1 is 0.968 bits per heavy atom. The molecule has 31 heavy (non-hydrogen) atoms. The van der Waals surface area contributed by atoms with Crippen molar-refractivity contribution < 1.29 is 9.84 Å². The van der Waals surface area contributed by atoms with E-state index >= 15 is 0 Å². The van der Waals surface area contributed by atoms with Crippen molar-refractivity contribution in [2.75, 3.05) is 5.32 Å². The molecule has 1 unspecified atom stereocenters. The minimum absolute atomic E-state index is 0.206. The lowest BCUT2D eigenvalue weighted by Crippen LogP contribution is -2.17. The van der Waals surface area contributed by atoms with Crippen LogP contribution in [-0.2, 0) is 5.75 Å². The Morgan fingerprint density at radius 2 is 1.74 bits per heavy atom. The molecule has 0 aliphatic carbocycles. The summed E-state index contributed by atoms with van der Waals surface area (Å²) in [5.74, 6) is 1.38. The molecule has 2 N–H and O–H groups in total. The number of benzene rings is 3. The van der Waals surface area contributed by atoms with Crippen molar-refractivity contribution in [3.05, 3.63) is 89.5 Å². The Bertz CT molecular complexity index is 1210. The van der Waals surface area contributed by atoms with Crippen LogP contribution in [0, 0.1) is 6.92 Å². The van der Waals surface area contributed by atoms with Gasteiger partial charge in [0.15, 0.2) is 11.9 Å². The quantitative estimate of drug-likeness (QED) is 0.424. The number of hydrogen-bond donors (Lipinski definition) is 2. The van der Waals surface area contributed by atoms with Crippen LogP contribution >= 0.6 is 11.8 Å². The Morgan fingerprint density at radius 3 is 2.55 bits per heavy atom. The van der Waals surface area contributed by atoms with Gasteiger partial charge in [0.05, 0.1) is 0 Å². The molecule has 1 aromatic heterocycles. The summed E-state index contributed by atoms with van der Waals surface area (Å²) in [7, 11) is 0. The minimum atomic E-state index is -0.477. The van der Waals surface area contributed by atoms with E-state index in [4.69, 9.17) is 4.74 Å². The number of thioether (sulfide) groups is 1. The van der Waals surface area contributed by atoms with Crippen LogP contribution in [0.3, 0.4) is 0 Å². The maximum atomic E-state index is 9.64. The highest BCUT2D eigenvalue weighted by Gasteiger charge is 2.26. The fraction of sp³-hybridized carbons (Fsp3) is 0.125. The van der Waals surface area contributed by atoms with Gasteiger partial charge in [-0.3, -0.25) is 0 Å². The molecule has 0 spiro atoms. The molecule has 0 saturated heterocycles. The maximum Gasteiger partial charge on any atom is 0.247 e. The zero-order chi connectivity index (χ0) is 21.2. The van der Waals surface area contributed by atoms with Crippen molar-refractivity contribution in [3.8, 4) is 22.9 Å². The summed E-state index contributed by atoms with van der Waals surface area (Å²) in [6.07, 6.45) is -0.477. The first kappa shape index (κ1) is 19.4. The van der Waals surface area contributed by atoms with Crippen molar-refractivity contribution in [1.82, 2.24) is 15.2 Å². The third-order valence-corrected chi connectivity index (χ3v) is 5.93. The van der Waals surface area contributed by atoms with Crippen LogP contribution in [-0.4, -0.2) is 20.3 Å². The summed E-state index contributed by atoms with van der Waals surface area (Å²) >= 11 is 1.52. The number of ether oxygens (including phenoxy) is 1. The topological polar surface area (TPSA) is 80.2 Å². The van der Waals surface area contributed by atoms with Gasteiger partial charge >= 0.3 is 0 Å². The lowest BCUT2D eigenvalue weighted by molar-refractivity contribution is 0.225. The fourth-order valence-electron chi connectivity index (χ4n) is 3.34. The van der Waals surface area contributed by atoms with Crippen molar-refractivity contribution in [2.24, 2.45) is 0 Å². The first-order valence-electron chi connectivity index (χ1n) is 9.90. The van der Waals surface area contributed by atoms with Gasteiger partial charge in [0, 0.05) is 22.6 Å². The van der Waals surface area contributed by atoms with E-state index in [-0.39, 0.29) is 5.75 Å². The molecule has 4 aromatic rings. The summed E-state index contributed by atoms with van der Waals surface area (Å²) in [4.78, 5) is 4.68. The second-order valence-electron chi connectivity index (χ2n) is 7.30. The summed E-state index contributed by atoms with van der Waals surface area (Å²) in [5, 5.41) is 22.4. The number of aromatic nitrogens is 3. The number of anilines is 1. The Hall–Kier alpha value is -3.58. The second kappa shape index (κ2) is 8.28. The van der Waals surface area contributed by atoms with Crippen LogP contribution in [0.1, 0.15) is 22.9 Å². The predicted octanol–water partition coefficient (Wildman–Crippen LogP) is 5.35. The van der Waals surface area contributed by atoms with E-state index in [2.05, 4.69) is 51.7 Å². The van der Waals surface area contributed by atoms with Gasteiger partial charge < -0.3 is 15.2 Å². The predicted molar refractivity (Wildman–Crippen MR) is 121 cm³/mol. The number of nitrogens with one attached hydrogen (secondary N) is 1. The number of aromatic hydroxyl groups is 1. The zero-order valence-corrected chi connectivity index (χ0v) is 17.6. The van der Waals surface area contributed by atoms with Gasteiger partial charge in [-0.15, -0.1) is 10.2 Å². The maximum absolute atomic E-state index is 9.64. The van der Waals surface area contributed by atoms with Gasteiger partial charge in [0.25, 0.3) is 0 Å². The summed E-state index contributed by atoms with van der Waals surface area (Å²) < 4.78 is 6.25. The van der Waals surface area contributed by atoms with Crippen LogP contribution in [0.2, 0.25) is 0 Å². The third kappa shape index (κ3) is 4.18. The first-order chi connectivity index (χ1) is 15.2. The molecule has 0 amide bonds. The molecule has 5 rings (SSSR count). The molecular formula is C24H20N4O2S. The van der Waals surface area contributed by atoms with E-state index in [0.29, 0.717) is 16.7 Å². The number of nitrogens with zero attached hydrogens (tertiary/aromatic N) is 3. The fourth-order valence-corrected chi connectivity index (χ4v) is 4.07. The van der Waals surface area contributed by atoms with Crippen LogP contribution in [0.25, 0.3) is 11.3 Å². The Balaban J connectivity index is 1.47. The van der Waals surface area contributed by atoms with E-state index in [1.165, 1.54) is 22.9 Å². The molecule has 1 aliphatic heterocycles. The first-order valence-corrected chi connectivity index (χ1v) is 10.9. The van der Waals surface area contributed by atoms with E-state index in [1.54, 1.807) is 12.1 Å². The smallest absolute Gasteiger partial charge is 0.247 e. The molecule has 3 aromatic carbocycles. The number of phenolic OH excluding ortho intramolecular Hbond substituents is 1. The van der Waals surface area contributed by atoms with Crippen molar-refractivity contribution >= 4 is 17.4 Å². The Kier molecular flexibility index (Phi) is 5.18. The van der Waals surface area contributed by atoms with Gasteiger partial charge in [0.1, 0.15) is 5.75 Å². The highest BCUT2D eigenvalue weighted by Crippen LogP contribution is 2.39. The summed E-state index contributed by atoms with van der Waals surface area (Å²) in [6.45, 7) is 2.07. The van der Waals surface area contributed by atoms with Gasteiger partial charge in [-0.25, -0.2) is 0 Å². The van der Waals surface area contributed by atoms with Gasteiger partial charge in [-0.05, 0) is 42.8 Å². The normalized spacial score (nSPS) is 14.5. The third-order valence-electron chi connectivity index (χ3n) is 5.02. The molecule has 0 fully saturated rings. The highest BCUT2D eigenvalue weighted by atomic mass is 32.2. The van der Waals surface area contributed by atoms with Gasteiger partial charge in [0.2, 0.25) is 11.0 Å². The Labute approximate surface area is 184 Å². The van der Waals surface area contributed by atoms with Crippen LogP contribution < -0.4 is 10.1 Å². The average molecular weight is 429 g/mol. The zero-order valence-electron chi connectivity index (χ0n) is 16.8. The molecule has 154 valence electrons. The number of fused-ring (bicyclic) bond motifs is 3. The van der Waals surface area contributed by atoms with E-state index in [0.717, 1.165) is 22.6 Å². The molecule has 2 heterocycles. The van der Waals surface area contributed by atoms with Crippen LogP contribution in [0.4, 0.5) is 5.69 Å². The van der Waals surface area contributed by atoms with Crippen molar-refractivity contribution in [2.45, 2.75) is 24.1 Å². The number of para-hydroxylation sites is 1. The molecule has 7 heteroatoms. The standard InChI is InChI=1S/C24H20N4O2S/c1-15-6-8-16(9-7-15)14-31-24-26-23-21(27-28-24)19-4-2-3-5-20(19)25-22(30-23)17-10-12-18(29)13-11-17/h2-13,22,25,29H,14H2,1H3. The summed E-state index contributed by atoms with van der Waals surface area (Å²) in [5.41, 5.74) is 5.67. The number of rotatable bonds is 4. The molecule has 6 nitrogen and oxygen atoms in total. The monoisotopic (exact) mass is 428 g/mol. The lowest BCUT2D eigenvalue weighted by Gasteiger charge is -2.19. The molecule has 0 bridgehead atoms. The number of aryl methyl sites for hydroxylation is 1. The lowest BCUT2D eigenvalue weighted by atomic mass is 10.1. The SMILES string of the molecule is Cc1ccc(CSc2nnc3c(n2)OC(c2ccc(O)cc2)Nc2ccccc2-3)cc1. The molecule has 1 atom stereocenters. The number of phenols is 1. The van der Waals surface area contributed by atoms with Crippen molar-refractivity contribution in [1.29, 1.82) is 0 Å². The van der Waals surface area contributed by atoms with E-state index in [1.807, 2.05) is 36.4 Å². The largest absolute Gasteiger partial charge is 0.508 e. The average Bonchev–Trinajstić information content (AvgIpc) is 2.96. The van der Waals surface area contributed by atoms with Crippen molar-refractivity contribution in [3.63, 3.8) is 0 Å². The highest BCUT2D eigenvalue weighted by molar-refractivity contribution is 7.98. The summed E-state index contributed by atoms with van der Waals surface area (Å²) in [6, 6.07) is 23.2. The second-order valence-corrected chi connectivity index (χ2v) is 8.24. The van der Waals surface area contributed by atoms with Gasteiger partial charge in [-0.2, -0.15) is 4.98 Å². The van der Waals surface area contributed by atoms with E-state index in [9.17, 15) is 5.11 Å². The molecule has 1 aliphatic rings. The van der Waals surface area contributed by atoms with E-state index < -0.39 is 6.23 Å². The minimum Gasteiger partial charge on any atom is -0.508 e. The molecule has 0 saturated carbocycles. The van der Waals surface area contributed by atoms with Crippen LogP contribution in [0.5, 0.6) is 11.6 Å².